The van der Waals surface area contributed by atoms with E-state index in [4.69, 9.17) is 5.73 Å². The van der Waals surface area contributed by atoms with E-state index in [0.29, 0.717) is 10.5 Å². The van der Waals surface area contributed by atoms with Crippen molar-refractivity contribution in [2.45, 2.75) is 4.90 Å². The third-order valence-corrected chi connectivity index (χ3v) is 3.16. The topological polar surface area (TPSA) is 92.4 Å². The molecule has 78 valence electrons. The first kappa shape index (κ1) is 9.72. The molecule has 0 saturated carbocycles. The van der Waals surface area contributed by atoms with E-state index in [1.807, 2.05) is 0 Å². The molecule has 1 aromatic carbocycles. The lowest BCUT2D eigenvalue weighted by molar-refractivity contribution is -0.114. The first-order valence-corrected chi connectivity index (χ1v) is 5.27. The molecule has 0 saturated heterocycles. The first-order chi connectivity index (χ1) is 7.11. The Morgan fingerprint density at radius 2 is 2.07 bits per heavy atom. The standard InChI is InChI=1S/C9H8N2O3S/c10-9(13)7-8(12)5-3-1-2-4-6(5)15(14)11-7/h1-4,11-12H,(H2,10,13). The monoisotopic (exact) mass is 224 g/mol. The van der Waals surface area contributed by atoms with Gasteiger partial charge in [0.05, 0.1) is 4.90 Å². The SMILES string of the molecule is NC(=O)C1=C(O)c2ccccc2S(=O)N1. The van der Waals surface area contributed by atoms with Gasteiger partial charge in [0, 0.05) is 5.56 Å². The van der Waals surface area contributed by atoms with E-state index in [1.54, 1.807) is 24.3 Å². The van der Waals surface area contributed by atoms with Crippen LogP contribution in [-0.2, 0) is 15.8 Å². The third-order valence-electron chi connectivity index (χ3n) is 2.02. The summed E-state index contributed by atoms with van der Waals surface area (Å²) in [6.45, 7) is 0. The fourth-order valence-corrected chi connectivity index (χ4v) is 2.38. The minimum atomic E-state index is -1.56. The molecule has 0 fully saturated rings. The minimum absolute atomic E-state index is 0.216. The minimum Gasteiger partial charge on any atom is -0.505 e. The molecule has 4 N–H and O–H groups in total. The highest BCUT2D eigenvalue weighted by atomic mass is 32.2. The summed E-state index contributed by atoms with van der Waals surface area (Å²) < 4.78 is 13.9. The van der Waals surface area contributed by atoms with E-state index >= 15 is 0 Å². The van der Waals surface area contributed by atoms with Crippen LogP contribution in [0.2, 0.25) is 0 Å². The number of hydrogen-bond donors (Lipinski definition) is 3. The van der Waals surface area contributed by atoms with Gasteiger partial charge < -0.3 is 10.8 Å². The van der Waals surface area contributed by atoms with Crippen LogP contribution in [0.4, 0.5) is 0 Å². The number of nitrogens with one attached hydrogen (secondary N) is 1. The van der Waals surface area contributed by atoms with E-state index in [9.17, 15) is 14.1 Å². The van der Waals surface area contributed by atoms with Gasteiger partial charge in [0.15, 0.2) is 22.4 Å². The van der Waals surface area contributed by atoms with Crippen molar-refractivity contribution >= 4 is 22.7 Å². The summed E-state index contributed by atoms with van der Waals surface area (Å²) >= 11 is 0. The van der Waals surface area contributed by atoms with Crippen LogP contribution in [-0.4, -0.2) is 15.2 Å². The fourth-order valence-electron chi connectivity index (χ4n) is 1.32. The second kappa shape index (κ2) is 3.39. The van der Waals surface area contributed by atoms with Crippen molar-refractivity contribution in [1.29, 1.82) is 0 Å². The van der Waals surface area contributed by atoms with E-state index in [-0.39, 0.29) is 11.5 Å². The Kier molecular flexibility index (Phi) is 2.20. The molecule has 0 aromatic heterocycles. The molecule has 0 aliphatic carbocycles. The summed E-state index contributed by atoms with van der Waals surface area (Å²) in [5.74, 6) is -1.10. The number of amides is 1. The number of carbonyl (C=O) groups is 1. The number of carbonyl (C=O) groups excluding carboxylic acids is 1. The molecule has 1 aliphatic rings. The van der Waals surface area contributed by atoms with Gasteiger partial charge >= 0.3 is 0 Å². The summed E-state index contributed by atoms with van der Waals surface area (Å²) in [4.78, 5) is 11.4. The summed E-state index contributed by atoms with van der Waals surface area (Å²) in [5, 5.41) is 9.69. The third kappa shape index (κ3) is 1.48. The smallest absolute Gasteiger partial charge is 0.269 e. The van der Waals surface area contributed by atoms with Crippen molar-refractivity contribution in [3.63, 3.8) is 0 Å². The molecular formula is C9H8N2O3S. The summed E-state index contributed by atoms with van der Waals surface area (Å²) in [6, 6.07) is 6.55. The van der Waals surface area contributed by atoms with Gasteiger partial charge in [-0.1, -0.05) is 12.1 Å². The predicted molar refractivity (Wildman–Crippen MR) is 54.7 cm³/mol. The van der Waals surface area contributed by atoms with Crippen molar-refractivity contribution < 1.29 is 14.1 Å². The zero-order chi connectivity index (χ0) is 11.0. The average molecular weight is 224 g/mol. The molecule has 0 bridgehead atoms. The Morgan fingerprint density at radius 1 is 1.40 bits per heavy atom. The number of hydrogen-bond acceptors (Lipinski definition) is 3. The molecule has 1 atom stereocenters. The molecule has 1 aromatic rings. The highest BCUT2D eigenvalue weighted by Gasteiger charge is 2.25. The number of fused-ring (bicyclic) bond motifs is 1. The van der Waals surface area contributed by atoms with Crippen LogP contribution in [0.3, 0.4) is 0 Å². The van der Waals surface area contributed by atoms with Crippen LogP contribution in [0.5, 0.6) is 0 Å². The lowest BCUT2D eigenvalue weighted by Crippen LogP contribution is -2.32. The number of benzene rings is 1. The number of aliphatic hydroxyl groups is 1. The lowest BCUT2D eigenvalue weighted by Gasteiger charge is -2.18. The highest BCUT2D eigenvalue weighted by molar-refractivity contribution is 7.83. The second-order valence-electron chi connectivity index (χ2n) is 2.95. The molecule has 1 aliphatic heterocycles. The number of nitrogens with two attached hydrogens (primary N) is 1. The van der Waals surface area contributed by atoms with Gasteiger partial charge in [-0.05, 0) is 12.1 Å². The predicted octanol–water partition coefficient (Wildman–Crippen LogP) is 0.0243. The van der Waals surface area contributed by atoms with Gasteiger partial charge in [-0.25, -0.2) is 4.21 Å². The summed E-state index contributed by atoms with van der Waals surface area (Å²) in [6.07, 6.45) is 0. The number of primary amides is 1. The van der Waals surface area contributed by atoms with E-state index < -0.39 is 16.9 Å². The first-order valence-electron chi connectivity index (χ1n) is 4.12. The average Bonchev–Trinajstić information content (AvgIpc) is 2.23. The van der Waals surface area contributed by atoms with E-state index in [1.165, 1.54) is 0 Å². The second-order valence-corrected chi connectivity index (χ2v) is 4.14. The quantitative estimate of drug-likeness (QED) is 0.628. The normalized spacial score (nSPS) is 19.3. The number of rotatable bonds is 1. The molecule has 15 heavy (non-hydrogen) atoms. The van der Waals surface area contributed by atoms with Crippen LogP contribution in [0.1, 0.15) is 5.56 Å². The van der Waals surface area contributed by atoms with E-state index in [2.05, 4.69) is 4.72 Å². The van der Waals surface area contributed by atoms with Crippen molar-refractivity contribution in [2.24, 2.45) is 5.73 Å². The molecule has 1 amide bonds. The fraction of sp³-hybridized carbons (Fsp3) is 0. The van der Waals surface area contributed by atoms with Crippen molar-refractivity contribution in [3.05, 3.63) is 35.5 Å². The maximum atomic E-state index is 11.6. The Balaban J connectivity index is 2.67. The Morgan fingerprint density at radius 3 is 2.73 bits per heavy atom. The Hall–Kier alpha value is -1.82. The molecule has 2 rings (SSSR count). The maximum Gasteiger partial charge on any atom is 0.269 e. The van der Waals surface area contributed by atoms with Crippen LogP contribution < -0.4 is 10.5 Å². The Labute approximate surface area is 88.2 Å². The zero-order valence-corrected chi connectivity index (χ0v) is 8.38. The zero-order valence-electron chi connectivity index (χ0n) is 7.56. The van der Waals surface area contributed by atoms with Crippen LogP contribution in [0.25, 0.3) is 5.76 Å². The molecule has 5 nitrogen and oxygen atoms in total. The van der Waals surface area contributed by atoms with Gasteiger partial charge in [-0.3, -0.25) is 9.52 Å². The number of aliphatic hydroxyl groups excluding tert-OH is 1. The van der Waals surface area contributed by atoms with Crippen molar-refractivity contribution in [1.82, 2.24) is 4.72 Å². The van der Waals surface area contributed by atoms with Gasteiger partial charge in [0.2, 0.25) is 0 Å². The van der Waals surface area contributed by atoms with Gasteiger partial charge in [-0.2, -0.15) is 0 Å². The molecular weight excluding hydrogens is 216 g/mol. The summed E-state index contributed by atoms with van der Waals surface area (Å²) in [7, 11) is -1.56. The van der Waals surface area contributed by atoms with Gasteiger partial charge in [0.1, 0.15) is 0 Å². The molecule has 1 heterocycles. The van der Waals surface area contributed by atoms with Crippen LogP contribution in [0.15, 0.2) is 34.9 Å². The van der Waals surface area contributed by atoms with Crippen LogP contribution >= 0.6 is 0 Å². The van der Waals surface area contributed by atoms with Crippen molar-refractivity contribution in [2.75, 3.05) is 0 Å². The Bertz CT molecular complexity index is 496. The molecule has 0 radical (unpaired) electrons. The highest BCUT2D eigenvalue weighted by Crippen LogP contribution is 2.26. The van der Waals surface area contributed by atoms with Crippen LogP contribution in [0, 0.1) is 0 Å². The summed E-state index contributed by atoms with van der Waals surface area (Å²) in [5.41, 5.74) is 5.17. The van der Waals surface area contributed by atoms with Gasteiger partial charge in [-0.15, -0.1) is 0 Å². The van der Waals surface area contributed by atoms with E-state index in [0.717, 1.165) is 0 Å². The molecule has 0 spiro atoms. The largest absolute Gasteiger partial charge is 0.505 e. The van der Waals surface area contributed by atoms with Crippen molar-refractivity contribution in [3.8, 4) is 0 Å². The lowest BCUT2D eigenvalue weighted by atomic mass is 10.1. The molecule has 6 heteroatoms. The maximum absolute atomic E-state index is 11.6. The van der Waals surface area contributed by atoms with Gasteiger partial charge in [0.25, 0.3) is 5.91 Å². The molecule has 1 unspecified atom stereocenters.